The standard InChI is InChI=1S/C14H19NO6S/c1-20-12-6-9-4-5-15(22(3,18)19)11(8-14(16)17)10(9)7-13(12)21-2/h6-7,11H,4-5,8H2,1-3H3,(H,16,17). The molecule has 1 aromatic rings. The summed E-state index contributed by atoms with van der Waals surface area (Å²) in [5.41, 5.74) is 1.53. The number of nitrogens with zero attached hydrogens (tertiary/aromatic N) is 1. The molecule has 7 nitrogen and oxygen atoms in total. The van der Waals surface area contributed by atoms with Crippen molar-refractivity contribution in [1.29, 1.82) is 0 Å². The third-order valence-electron chi connectivity index (χ3n) is 3.75. The molecule has 1 atom stereocenters. The fraction of sp³-hybridized carbons (Fsp3) is 0.500. The van der Waals surface area contributed by atoms with Gasteiger partial charge < -0.3 is 14.6 Å². The van der Waals surface area contributed by atoms with Gasteiger partial charge in [-0.2, -0.15) is 4.31 Å². The van der Waals surface area contributed by atoms with Gasteiger partial charge in [0.25, 0.3) is 0 Å². The zero-order chi connectivity index (χ0) is 16.5. The Morgan fingerprint density at radius 2 is 1.91 bits per heavy atom. The lowest BCUT2D eigenvalue weighted by molar-refractivity contribution is -0.138. The maximum absolute atomic E-state index is 11.9. The lowest BCUT2D eigenvalue weighted by Gasteiger charge is -2.35. The molecular weight excluding hydrogens is 310 g/mol. The van der Waals surface area contributed by atoms with Crippen molar-refractivity contribution in [3.8, 4) is 11.5 Å². The molecule has 1 aromatic carbocycles. The van der Waals surface area contributed by atoms with Crippen LogP contribution in [0.1, 0.15) is 23.6 Å². The number of ether oxygens (including phenoxy) is 2. The Balaban J connectivity index is 2.57. The second-order valence-electron chi connectivity index (χ2n) is 5.14. The minimum atomic E-state index is -3.50. The zero-order valence-electron chi connectivity index (χ0n) is 12.7. The highest BCUT2D eigenvalue weighted by atomic mass is 32.2. The van der Waals surface area contributed by atoms with Crippen LogP contribution in [-0.4, -0.2) is 50.8 Å². The van der Waals surface area contributed by atoms with Crippen molar-refractivity contribution in [3.05, 3.63) is 23.3 Å². The highest BCUT2D eigenvalue weighted by Gasteiger charge is 2.35. The minimum Gasteiger partial charge on any atom is -0.493 e. The molecule has 0 radical (unpaired) electrons. The molecule has 1 heterocycles. The maximum Gasteiger partial charge on any atom is 0.305 e. The van der Waals surface area contributed by atoms with Crippen molar-refractivity contribution in [2.75, 3.05) is 27.0 Å². The number of aliphatic carboxylic acids is 1. The summed E-state index contributed by atoms with van der Waals surface area (Å²) in [5.74, 6) is -0.0589. The Kier molecular flexibility index (Phi) is 4.62. The van der Waals surface area contributed by atoms with E-state index in [-0.39, 0.29) is 13.0 Å². The predicted molar refractivity (Wildman–Crippen MR) is 79.8 cm³/mol. The fourth-order valence-corrected chi connectivity index (χ4v) is 3.85. The average molecular weight is 329 g/mol. The van der Waals surface area contributed by atoms with Gasteiger partial charge in [0, 0.05) is 6.54 Å². The predicted octanol–water partition coefficient (Wildman–Crippen LogP) is 1.04. The lowest BCUT2D eigenvalue weighted by atomic mass is 9.92. The van der Waals surface area contributed by atoms with Crippen LogP contribution in [0.3, 0.4) is 0 Å². The topological polar surface area (TPSA) is 93.1 Å². The summed E-state index contributed by atoms with van der Waals surface area (Å²) in [5, 5.41) is 9.12. The summed E-state index contributed by atoms with van der Waals surface area (Å²) < 4.78 is 35.6. The summed E-state index contributed by atoms with van der Waals surface area (Å²) in [7, 11) is -0.502. The summed E-state index contributed by atoms with van der Waals surface area (Å²) in [4.78, 5) is 11.1. The van der Waals surface area contributed by atoms with Crippen molar-refractivity contribution < 1.29 is 27.8 Å². The monoisotopic (exact) mass is 329 g/mol. The van der Waals surface area contributed by atoms with E-state index in [4.69, 9.17) is 14.6 Å². The molecule has 122 valence electrons. The van der Waals surface area contributed by atoms with Gasteiger partial charge in [-0.05, 0) is 29.7 Å². The molecule has 0 amide bonds. The fourth-order valence-electron chi connectivity index (χ4n) is 2.78. The van der Waals surface area contributed by atoms with Crippen molar-refractivity contribution in [1.82, 2.24) is 4.31 Å². The van der Waals surface area contributed by atoms with Gasteiger partial charge in [0.15, 0.2) is 11.5 Å². The van der Waals surface area contributed by atoms with Crippen LogP contribution in [0.5, 0.6) is 11.5 Å². The van der Waals surface area contributed by atoms with Crippen molar-refractivity contribution in [2.24, 2.45) is 0 Å². The van der Waals surface area contributed by atoms with Crippen molar-refractivity contribution in [2.45, 2.75) is 18.9 Å². The van der Waals surface area contributed by atoms with Gasteiger partial charge in [-0.15, -0.1) is 0 Å². The lowest BCUT2D eigenvalue weighted by Crippen LogP contribution is -2.40. The number of fused-ring (bicyclic) bond motifs is 1. The summed E-state index contributed by atoms with van der Waals surface area (Å²) in [6, 6.07) is 2.71. The number of methoxy groups -OCH3 is 2. The van der Waals surface area contributed by atoms with Crippen LogP contribution in [0.15, 0.2) is 12.1 Å². The Bertz CT molecular complexity index is 685. The molecule has 1 N–H and O–H groups in total. The summed E-state index contributed by atoms with van der Waals surface area (Å²) in [6.07, 6.45) is 1.29. The molecule has 8 heteroatoms. The molecule has 2 rings (SSSR count). The Morgan fingerprint density at radius 3 is 2.41 bits per heavy atom. The molecule has 0 aliphatic carbocycles. The Hall–Kier alpha value is -1.80. The van der Waals surface area contributed by atoms with Gasteiger partial charge in [0.05, 0.1) is 32.9 Å². The second kappa shape index (κ2) is 6.13. The highest BCUT2D eigenvalue weighted by molar-refractivity contribution is 7.88. The molecule has 0 bridgehead atoms. The normalized spacial score (nSPS) is 18.6. The van der Waals surface area contributed by atoms with E-state index in [0.717, 1.165) is 11.8 Å². The Labute approximate surface area is 129 Å². The van der Waals surface area contributed by atoms with Crippen molar-refractivity contribution >= 4 is 16.0 Å². The number of carbonyl (C=O) groups is 1. The van der Waals surface area contributed by atoms with Crippen LogP contribution in [0.25, 0.3) is 0 Å². The molecule has 0 saturated heterocycles. The molecule has 0 aromatic heterocycles. The van der Waals surface area contributed by atoms with Crippen LogP contribution >= 0.6 is 0 Å². The summed E-state index contributed by atoms with van der Waals surface area (Å²) in [6.45, 7) is 0.249. The SMILES string of the molecule is COc1cc2c(cc1OC)C(CC(=O)O)N(S(C)(=O)=O)CC2. The first-order valence-electron chi connectivity index (χ1n) is 6.71. The highest BCUT2D eigenvalue weighted by Crippen LogP contribution is 2.40. The van der Waals surface area contributed by atoms with Gasteiger partial charge in [-0.3, -0.25) is 4.79 Å². The van der Waals surface area contributed by atoms with E-state index >= 15 is 0 Å². The van der Waals surface area contributed by atoms with E-state index in [2.05, 4.69) is 0 Å². The van der Waals surface area contributed by atoms with Crippen LogP contribution in [-0.2, 0) is 21.2 Å². The van der Waals surface area contributed by atoms with E-state index in [1.54, 1.807) is 12.1 Å². The third-order valence-corrected chi connectivity index (χ3v) is 5.04. The van der Waals surface area contributed by atoms with Gasteiger partial charge in [0.1, 0.15) is 0 Å². The minimum absolute atomic E-state index is 0.249. The number of hydrogen-bond donors (Lipinski definition) is 1. The number of carboxylic acids is 1. The molecule has 1 aliphatic rings. The second-order valence-corrected chi connectivity index (χ2v) is 7.08. The molecule has 22 heavy (non-hydrogen) atoms. The number of sulfonamides is 1. The third kappa shape index (κ3) is 3.17. The van der Waals surface area contributed by atoms with E-state index in [1.165, 1.54) is 18.5 Å². The van der Waals surface area contributed by atoms with Gasteiger partial charge in [-0.25, -0.2) is 8.42 Å². The largest absolute Gasteiger partial charge is 0.493 e. The first kappa shape index (κ1) is 16.6. The first-order valence-corrected chi connectivity index (χ1v) is 8.56. The quantitative estimate of drug-likeness (QED) is 0.867. The van der Waals surface area contributed by atoms with Gasteiger partial charge >= 0.3 is 5.97 Å². The van der Waals surface area contributed by atoms with Gasteiger partial charge in [0.2, 0.25) is 10.0 Å². The van der Waals surface area contributed by atoms with Gasteiger partial charge in [-0.1, -0.05) is 0 Å². The van der Waals surface area contributed by atoms with Crippen LogP contribution in [0.4, 0.5) is 0 Å². The smallest absolute Gasteiger partial charge is 0.305 e. The van der Waals surface area contributed by atoms with Crippen LogP contribution in [0, 0.1) is 0 Å². The van der Waals surface area contributed by atoms with Crippen LogP contribution in [0.2, 0.25) is 0 Å². The van der Waals surface area contributed by atoms with Crippen LogP contribution < -0.4 is 9.47 Å². The van der Waals surface area contributed by atoms with Crippen molar-refractivity contribution in [3.63, 3.8) is 0 Å². The Morgan fingerprint density at radius 1 is 1.32 bits per heavy atom. The zero-order valence-corrected chi connectivity index (χ0v) is 13.5. The molecule has 0 saturated carbocycles. The average Bonchev–Trinajstić information content (AvgIpc) is 2.44. The van der Waals surface area contributed by atoms with E-state index in [9.17, 15) is 13.2 Å². The van der Waals surface area contributed by atoms with E-state index in [1.807, 2.05) is 0 Å². The number of rotatable bonds is 5. The number of benzene rings is 1. The molecule has 0 spiro atoms. The summed E-state index contributed by atoms with van der Waals surface area (Å²) >= 11 is 0. The first-order chi connectivity index (χ1) is 10.3. The number of carboxylic acid groups (broad SMARTS) is 1. The van der Waals surface area contributed by atoms with E-state index in [0.29, 0.717) is 23.5 Å². The molecule has 1 aliphatic heterocycles. The van der Waals surface area contributed by atoms with E-state index < -0.39 is 22.0 Å². The molecule has 0 fully saturated rings. The number of hydrogen-bond acceptors (Lipinski definition) is 5. The molecular formula is C14H19NO6S. The molecule has 1 unspecified atom stereocenters. The maximum atomic E-state index is 11.9.